The van der Waals surface area contributed by atoms with Crippen LogP contribution in [0, 0.1) is 0 Å². The molecule has 22 heavy (non-hydrogen) atoms. The van der Waals surface area contributed by atoms with E-state index in [-0.39, 0.29) is 12.3 Å². The van der Waals surface area contributed by atoms with E-state index in [0.29, 0.717) is 0 Å². The van der Waals surface area contributed by atoms with Gasteiger partial charge in [-0.2, -0.15) is 0 Å². The van der Waals surface area contributed by atoms with Crippen LogP contribution in [0.25, 0.3) is 0 Å². The fourth-order valence-electron chi connectivity index (χ4n) is 2.57. The highest BCUT2D eigenvalue weighted by atomic mass is 16.7. The van der Waals surface area contributed by atoms with Crippen LogP contribution in [-0.2, 0) is 22.4 Å². The molecule has 2 rings (SSSR count). The topological polar surface area (TPSA) is 30.5 Å². The number of aryl methyl sites for hydroxylation is 1. The summed E-state index contributed by atoms with van der Waals surface area (Å²) in [5.41, 5.74) is 2.60. The Hall–Kier alpha value is -1.68. The summed E-state index contributed by atoms with van der Waals surface area (Å²) in [6.07, 6.45) is 1.71. The van der Waals surface area contributed by atoms with Crippen LogP contribution in [0.2, 0.25) is 0 Å². The lowest BCUT2D eigenvalue weighted by Gasteiger charge is -2.26. The number of rotatable bonds is 9. The third kappa shape index (κ3) is 5.26. The van der Waals surface area contributed by atoms with Crippen molar-refractivity contribution in [1.29, 1.82) is 0 Å². The second kappa shape index (κ2) is 9.36. The summed E-state index contributed by atoms with van der Waals surface area (Å²) in [6, 6.07) is 21.0. The van der Waals surface area contributed by atoms with E-state index in [0.717, 1.165) is 19.4 Å². The van der Waals surface area contributed by atoms with Crippen molar-refractivity contribution in [3.63, 3.8) is 0 Å². The van der Waals surface area contributed by atoms with Gasteiger partial charge in [0, 0.05) is 20.8 Å². The monoisotopic (exact) mass is 299 g/mol. The molecule has 0 aromatic heterocycles. The Bertz CT molecular complexity index is 468. The average Bonchev–Trinajstić information content (AvgIpc) is 2.59. The van der Waals surface area contributed by atoms with Crippen LogP contribution in [-0.4, -0.2) is 26.6 Å². The van der Waals surface area contributed by atoms with E-state index in [9.17, 15) is 0 Å². The summed E-state index contributed by atoms with van der Waals surface area (Å²) in [4.78, 5) is 0. The van der Waals surface area contributed by atoms with Crippen LogP contribution in [0.5, 0.6) is 0 Å². The molecule has 118 valence electrons. The molecule has 0 fully saturated rings. The summed E-state index contributed by atoms with van der Waals surface area (Å²) < 4.78 is 10.9. The van der Waals surface area contributed by atoms with E-state index in [1.165, 1.54) is 11.1 Å². The Morgan fingerprint density at radius 2 is 1.36 bits per heavy atom. The SMILES string of the molecule is COC(OC)C(CCc1ccccc1)NCc1ccccc1. The molecule has 0 aliphatic heterocycles. The van der Waals surface area contributed by atoms with Gasteiger partial charge >= 0.3 is 0 Å². The van der Waals surface area contributed by atoms with Gasteiger partial charge in [0.05, 0.1) is 6.04 Å². The minimum Gasteiger partial charge on any atom is -0.354 e. The zero-order chi connectivity index (χ0) is 15.6. The number of benzene rings is 2. The molecule has 2 aromatic rings. The summed E-state index contributed by atoms with van der Waals surface area (Å²) in [5.74, 6) is 0. The van der Waals surface area contributed by atoms with Crippen LogP contribution in [0.4, 0.5) is 0 Å². The Labute approximate surface area is 133 Å². The number of ether oxygens (including phenoxy) is 2. The Morgan fingerprint density at radius 1 is 0.818 bits per heavy atom. The zero-order valence-electron chi connectivity index (χ0n) is 13.4. The second-order valence-corrected chi connectivity index (χ2v) is 5.34. The highest BCUT2D eigenvalue weighted by Gasteiger charge is 2.20. The van der Waals surface area contributed by atoms with Crippen molar-refractivity contribution >= 4 is 0 Å². The Balaban J connectivity index is 1.93. The zero-order valence-corrected chi connectivity index (χ0v) is 13.4. The van der Waals surface area contributed by atoms with Gasteiger partial charge < -0.3 is 14.8 Å². The average molecular weight is 299 g/mol. The van der Waals surface area contributed by atoms with Gasteiger partial charge in [0.25, 0.3) is 0 Å². The van der Waals surface area contributed by atoms with Crippen LogP contribution in [0.3, 0.4) is 0 Å². The fraction of sp³-hybridized carbons (Fsp3) is 0.368. The maximum absolute atomic E-state index is 5.45. The van der Waals surface area contributed by atoms with Crippen molar-refractivity contribution in [2.45, 2.75) is 31.7 Å². The smallest absolute Gasteiger partial charge is 0.172 e. The maximum Gasteiger partial charge on any atom is 0.172 e. The lowest BCUT2D eigenvalue weighted by atomic mass is 10.0. The van der Waals surface area contributed by atoms with E-state index in [4.69, 9.17) is 9.47 Å². The summed E-state index contributed by atoms with van der Waals surface area (Å²) in [6.45, 7) is 0.809. The van der Waals surface area contributed by atoms with E-state index in [2.05, 4.69) is 53.8 Å². The molecular weight excluding hydrogens is 274 g/mol. The van der Waals surface area contributed by atoms with E-state index in [1.54, 1.807) is 14.2 Å². The van der Waals surface area contributed by atoms with Crippen LogP contribution >= 0.6 is 0 Å². The lowest BCUT2D eigenvalue weighted by molar-refractivity contribution is -0.124. The van der Waals surface area contributed by atoms with Gasteiger partial charge in [-0.3, -0.25) is 0 Å². The molecule has 0 saturated heterocycles. The quantitative estimate of drug-likeness (QED) is 0.720. The number of hydrogen-bond donors (Lipinski definition) is 1. The molecule has 0 amide bonds. The minimum atomic E-state index is -0.243. The van der Waals surface area contributed by atoms with Crippen molar-refractivity contribution in [1.82, 2.24) is 5.32 Å². The van der Waals surface area contributed by atoms with Gasteiger partial charge in [0.1, 0.15) is 0 Å². The minimum absolute atomic E-state index is 0.149. The normalized spacial score (nSPS) is 12.5. The Kier molecular flexibility index (Phi) is 7.10. The van der Waals surface area contributed by atoms with Gasteiger partial charge in [0.2, 0.25) is 0 Å². The van der Waals surface area contributed by atoms with Gasteiger partial charge in [-0.25, -0.2) is 0 Å². The van der Waals surface area contributed by atoms with E-state index in [1.807, 2.05) is 12.1 Å². The molecule has 0 saturated carbocycles. The molecular formula is C19H25NO2. The molecule has 2 aromatic carbocycles. The highest BCUT2D eigenvalue weighted by molar-refractivity contribution is 5.16. The first-order chi connectivity index (χ1) is 10.8. The van der Waals surface area contributed by atoms with Crippen molar-refractivity contribution in [3.8, 4) is 0 Å². The molecule has 1 N–H and O–H groups in total. The molecule has 1 atom stereocenters. The summed E-state index contributed by atoms with van der Waals surface area (Å²) in [5, 5.41) is 3.56. The summed E-state index contributed by atoms with van der Waals surface area (Å²) >= 11 is 0. The first-order valence-electron chi connectivity index (χ1n) is 7.70. The van der Waals surface area contributed by atoms with Gasteiger partial charge in [-0.05, 0) is 24.0 Å². The largest absolute Gasteiger partial charge is 0.354 e. The lowest BCUT2D eigenvalue weighted by Crippen LogP contribution is -2.42. The van der Waals surface area contributed by atoms with Crippen molar-refractivity contribution in [2.75, 3.05) is 14.2 Å². The van der Waals surface area contributed by atoms with Crippen LogP contribution in [0.15, 0.2) is 60.7 Å². The number of methoxy groups -OCH3 is 2. The Morgan fingerprint density at radius 3 is 1.91 bits per heavy atom. The van der Waals surface area contributed by atoms with Crippen molar-refractivity contribution in [2.24, 2.45) is 0 Å². The van der Waals surface area contributed by atoms with Gasteiger partial charge in [0.15, 0.2) is 6.29 Å². The molecule has 0 heterocycles. The molecule has 0 spiro atoms. The van der Waals surface area contributed by atoms with E-state index >= 15 is 0 Å². The van der Waals surface area contributed by atoms with Gasteiger partial charge in [-0.1, -0.05) is 60.7 Å². The molecule has 0 aliphatic rings. The second-order valence-electron chi connectivity index (χ2n) is 5.34. The predicted octanol–water partition coefficient (Wildman–Crippen LogP) is 3.40. The molecule has 0 bridgehead atoms. The molecule has 0 aliphatic carbocycles. The first kappa shape index (κ1) is 16.7. The maximum atomic E-state index is 5.45. The molecule has 3 heteroatoms. The first-order valence-corrected chi connectivity index (χ1v) is 7.70. The highest BCUT2D eigenvalue weighted by Crippen LogP contribution is 2.11. The predicted molar refractivity (Wildman–Crippen MR) is 89.6 cm³/mol. The summed E-state index contributed by atoms with van der Waals surface area (Å²) in [7, 11) is 3.38. The van der Waals surface area contributed by atoms with Crippen molar-refractivity contribution in [3.05, 3.63) is 71.8 Å². The van der Waals surface area contributed by atoms with Crippen LogP contribution < -0.4 is 5.32 Å². The fourth-order valence-corrected chi connectivity index (χ4v) is 2.57. The third-order valence-electron chi connectivity index (χ3n) is 3.79. The van der Waals surface area contributed by atoms with E-state index < -0.39 is 0 Å². The number of hydrogen-bond acceptors (Lipinski definition) is 3. The van der Waals surface area contributed by atoms with Crippen molar-refractivity contribution < 1.29 is 9.47 Å². The standard InChI is InChI=1S/C19H25NO2/c1-21-19(22-2)18(14-13-16-9-5-3-6-10-16)20-15-17-11-7-4-8-12-17/h3-12,18-20H,13-15H2,1-2H3. The van der Waals surface area contributed by atoms with Gasteiger partial charge in [-0.15, -0.1) is 0 Å². The molecule has 0 radical (unpaired) electrons. The number of nitrogens with one attached hydrogen (secondary N) is 1. The van der Waals surface area contributed by atoms with Crippen LogP contribution in [0.1, 0.15) is 17.5 Å². The molecule has 1 unspecified atom stereocenters. The third-order valence-corrected chi connectivity index (χ3v) is 3.79. The molecule has 3 nitrogen and oxygen atoms in total.